The first-order chi connectivity index (χ1) is 15.9. The van der Waals surface area contributed by atoms with Crippen LogP contribution in [0.3, 0.4) is 0 Å². The van der Waals surface area contributed by atoms with Crippen LogP contribution in [-0.4, -0.2) is 50.7 Å². The number of pyridine rings is 1. The minimum atomic E-state index is -0.646. The van der Waals surface area contributed by atoms with E-state index in [-0.39, 0.29) is 5.91 Å². The number of aryl methyl sites for hydroxylation is 1. The number of fused-ring (bicyclic) bond motifs is 3. The zero-order valence-electron chi connectivity index (χ0n) is 18.1. The molecule has 0 aliphatic heterocycles. The van der Waals surface area contributed by atoms with Gasteiger partial charge in [0.05, 0.1) is 27.6 Å². The van der Waals surface area contributed by atoms with Crippen molar-refractivity contribution in [3.8, 4) is 27.5 Å². The molecule has 0 unspecified atom stereocenters. The van der Waals surface area contributed by atoms with Crippen LogP contribution >= 0.6 is 11.3 Å². The highest BCUT2D eigenvalue weighted by molar-refractivity contribution is 7.19. The van der Waals surface area contributed by atoms with E-state index in [1.807, 2.05) is 28.9 Å². The van der Waals surface area contributed by atoms with Gasteiger partial charge in [-0.15, -0.1) is 0 Å². The van der Waals surface area contributed by atoms with Crippen LogP contribution < -0.4 is 11.1 Å². The van der Waals surface area contributed by atoms with Crippen molar-refractivity contribution >= 4 is 28.4 Å². The van der Waals surface area contributed by atoms with Gasteiger partial charge < -0.3 is 10.6 Å². The highest BCUT2D eigenvalue weighted by Crippen LogP contribution is 2.44. The molecule has 3 N–H and O–H groups in total. The lowest BCUT2D eigenvalue weighted by Gasteiger charge is -2.15. The summed E-state index contributed by atoms with van der Waals surface area (Å²) in [6, 6.07) is 10.6. The summed E-state index contributed by atoms with van der Waals surface area (Å²) in [6.07, 6.45) is 5.02. The van der Waals surface area contributed by atoms with Gasteiger partial charge in [-0.3, -0.25) is 15.1 Å². The largest absolute Gasteiger partial charge is 0.351 e. The Bertz CT molecular complexity index is 1360. The van der Waals surface area contributed by atoms with E-state index >= 15 is 0 Å². The molecule has 0 spiro atoms. The van der Waals surface area contributed by atoms with Crippen LogP contribution in [0, 0.1) is 0 Å². The topological polar surface area (TPSA) is 119 Å². The maximum absolute atomic E-state index is 12.3. The summed E-state index contributed by atoms with van der Waals surface area (Å²) < 4.78 is 1.88. The van der Waals surface area contributed by atoms with Gasteiger partial charge in [-0.2, -0.15) is 5.10 Å². The van der Waals surface area contributed by atoms with Gasteiger partial charge in [0.15, 0.2) is 5.13 Å². The summed E-state index contributed by atoms with van der Waals surface area (Å²) in [4.78, 5) is 35.0. The second-order valence-corrected chi connectivity index (χ2v) is 8.86. The maximum atomic E-state index is 12.3. The molecule has 4 aromatic rings. The zero-order chi connectivity index (χ0) is 23.1. The molecule has 9 nitrogen and oxygen atoms in total. The summed E-state index contributed by atoms with van der Waals surface area (Å²) in [5, 5.41) is 8.01. The number of anilines is 1. The van der Waals surface area contributed by atoms with Crippen molar-refractivity contribution in [3.05, 3.63) is 65.6 Å². The first-order valence-corrected chi connectivity index (χ1v) is 11.1. The molecular formula is C23H21N7O2S. The smallest absolute Gasteiger partial charge is 0.318 e. The van der Waals surface area contributed by atoms with E-state index in [0.29, 0.717) is 10.7 Å². The Morgan fingerprint density at radius 3 is 2.61 bits per heavy atom. The predicted octanol–water partition coefficient (Wildman–Crippen LogP) is 3.35. The molecule has 10 heteroatoms. The molecule has 33 heavy (non-hydrogen) atoms. The molecule has 1 aromatic carbocycles. The number of aromatic nitrogens is 4. The summed E-state index contributed by atoms with van der Waals surface area (Å²) in [5.74, 6) is -0.0630. The predicted molar refractivity (Wildman–Crippen MR) is 127 cm³/mol. The van der Waals surface area contributed by atoms with Gasteiger partial charge >= 0.3 is 6.03 Å². The minimum Gasteiger partial charge on any atom is -0.351 e. The van der Waals surface area contributed by atoms with E-state index in [1.54, 1.807) is 43.5 Å². The Balaban J connectivity index is 1.67. The van der Waals surface area contributed by atoms with Crippen LogP contribution in [-0.2, 0) is 12.8 Å². The van der Waals surface area contributed by atoms with Crippen molar-refractivity contribution in [2.45, 2.75) is 12.8 Å². The first kappa shape index (κ1) is 20.8. The lowest BCUT2D eigenvalue weighted by Crippen LogP contribution is -2.21. The highest BCUT2D eigenvalue weighted by Gasteiger charge is 2.30. The molecular weight excluding hydrogens is 438 g/mol. The van der Waals surface area contributed by atoms with Gasteiger partial charge in [0.25, 0.3) is 5.91 Å². The van der Waals surface area contributed by atoms with Crippen LogP contribution in [0.5, 0.6) is 0 Å². The molecule has 1 aliphatic rings. The molecule has 0 fully saturated rings. The Morgan fingerprint density at radius 2 is 1.94 bits per heavy atom. The number of amides is 3. The molecule has 0 radical (unpaired) electrons. The highest BCUT2D eigenvalue weighted by atomic mass is 32.1. The number of rotatable bonds is 4. The molecule has 1 aliphatic carbocycles. The first-order valence-electron chi connectivity index (χ1n) is 10.3. The van der Waals surface area contributed by atoms with Crippen molar-refractivity contribution < 1.29 is 9.59 Å². The number of nitrogens with zero attached hydrogens (tertiary/aromatic N) is 5. The maximum Gasteiger partial charge on any atom is 0.318 e. The second-order valence-electron chi connectivity index (χ2n) is 7.86. The SMILES string of the molecule is CN(C)C(=O)c1ccc(-n2nc(-c3cccnc3)c3c2-c2sc(NC(N)=O)nc2CC3)cc1. The van der Waals surface area contributed by atoms with Crippen LogP contribution in [0.4, 0.5) is 9.93 Å². The van der Waals surface area contributed by atoms with E-state index in [2.05, 4.69) is 15.3 Å². The van der Waals surface area contributed by atoms with Gasteiger partial charge in [-0.05, 0) is 49.2 Å². The fourth-order valence-corrected chi connectivity index (χ4v) is 5.03. The van der Waals surface area contributed by atoms with E-state index in [9.17, 15) is 9.59 Å². The third-order valence-corrected chi connectivity index (χ3v) is 6.46. The average molecular weight is 460 g/mol. The number of primary amides is 1. The van der Waals surface area contributed by atoms with E-state index in [1.165, 1.54) is 11.3 Å². The van der Waals surface area contributed by atoms with Crippen LogP contribution in [0.1, 0.15) is 21.6 Å². The van der Waals surface area contributed by atoms with Gasteiger partial charge in [-0.1, -0.05) is 11.3 Å². The summed E-state index contributed by atoms with van der Waals surface area (Å²) in [7, 11) is 3.45. The summed E-state index contributed by atoms with van der Waals surface area (Å²) >= 11 is 1.38. The summed E-state index contributed by atoms with van der Waals surface area (Å²) in [5.41, 5.74) is 11.4. The number of nitrogens with one attached hydrogen (secondary N) is 1. The van der Waals surface area contributed by atoms with Crippen molar-refractivity contribution in [2.24, 2.45) is 5.73 Å². The number of hydrogen-bond acceptors (Lipinski definition) is 6. The number of carbonyl (C=O) groups is 2. The molecule has 3 aromatic heterocycles. The Morgan fingerprint density at radius 1 is 1.15 bits per heavy atom. The van der Waals surface area contributed by atoms with E-state index in [0.717, 1.165) is 51.6 Å². The van der Waals surface area contributed by atoms with Gasteiger partial charge in [0.2, 0.25) is 0 Å². The molecule has 0 bridgehead atoms. The van der Waals surface area contributed by atoms with Gasteiger partial charge in [-0.25, -0.2) is 14.5 Å². The Kier molecular flexibility index (Phi) is 5.14. The number of benzene rings is 1. The number of thiazole rings is 1. The van der Waals surface area contributed by atoms with Crippen LogP contribution in [0.2, 0.25) is 0 Å². The monoisotopic (exact) mass is 459 g/mol. The number of nitrogens with two attached hydrogens (primary N) is 1. The van der Waals surface area contributed by atoms with Gasteiger partial charge in [0, 0.05) is 43.2 Å². The van der Waals surface area contributed by atoms with Crippen molar-refractivity contribution in [3.63, 3.8) is 0 Å². The minimum absolute atomic E-state index is 0.0630. The summed E-state index contributed by atoms with van der Waals surface area (Å²) in [6.45, 7) is 0. The van der Waals surface area contributed by atoms with E-state index in [4.69, 9.17) is 10.8 Å². The van der Waals surface area contributed by atoms with Crippen molar-refractivity contribution in [1.82, 2.24) is 24.6 Å². The molecule has 3 amide bonds. The lowest BCUT2D eigenvalue weighted by molar-refractivity contribution is 0.0827. The quantitative estimate of drug-likeness (QED) is 0.485. The molecule has 0 saturated carbocycles. The van der Waals surface area contributed by atoms with E-state index < -0.39 is 6.03 Å². The van der Waals surface area contributed by atoms with Crippen molar-refractivity contribution in [1.29, 1.82) is 0 Å². The Hall–Kier alpha value is -4.05. The number of urea groups is 1. The Labute approximate surface area is 193 Å². The van der Waals surface area contributed by atoms with Crippen LogP contribution in [0.15, 0.2) is 48.8 Å². The van der Waals surface area contributed by atoms with Crippen molar-refractivity contribution in [2.75, 3.05) is 19.4 Å². The number of carbonyl (C=O) groups excluding carboxylic acids is 2. The molecule has 5 rings (SSSR count). The lowest BCUT2D eigenvalue weighted by atomic mass is 9.95. The molecule has 3 heterocycles. The average Bonchev–Trinajstić information content (AvgIpc) is 3.39. The molecule has 0 atom stereocenters. The normalized spacial score (nSPS) is 12.1. The second kappa shape index (κ2) is 8.14. The third-order valence-electron chi connectivity index (χ3n) is 5.44. The van der Waals surface area contributed by atoms with Crippen LogP contribution in [0.25, 0.3) is 27.5 Å². The number of hydrogen-bond donors (Lipinski definition) is 2. The fourth-order valence-electron chi connectivity index (χ4n) is 3.95. The molecule has 0 saturated heterocycles. The standard InChI is InChI=1S/C23H21N7O2S/c1-29(2)21(31)13-5-7-15(8-6-13)30-19-16(18(28-30)14-4-3-11-25-12-14)9-10-17-20(19)33-23(26-17)27-22(24)32/h3-8,11-12H,9-10H2,1-2H3,(H3,24,26,27,32). The van der Waals surface area contributed by atoms with Gasteiger partial charge in [0.1, 0.15) is 0 Å². The zero-order valence-corrected chi connectivity index (χ0v) is 18.9. The fraction of sp³-hybridized carbons (Fsp3) is 0.174. The third kappa shape index (κ3) is 3.74. The molecule has 166 valence electrons.